The monoisotopic (exact) mass is 272 g/mol. The van der Waals surface area contributed by atoms with E-state index < -0.39 is 5.24 Å². The molecule has 0 aliphatic carbocycles. The molecule has 0 atom stereocenters. The molecule has 0 aliphatic rings. The molecule has 0 N–H and O–H groups in total. The van der Waals surface area contributed by atoms with Crippen molar-refractivity contribution in [3.63, 3.8) is 0 Å². The van der Waals surface area contributed by atoms with E-state index in [9.17, 15) is 4.79 Å². The lowest BCUT2D eigenvalue weighted by molar-refractivity contribution is 0.0644. The predicted octanol–water partition coefficient (Wildman–Crippen LogP) is 2.50. The quantitative estimate of drug-likeness (QED) is 0.512. The number of hydrogen-bond donors (Lipinski definition) is 0. The zero-order valence-corrected chi connectivity index (χ0v) is 11.1. The Morgan fingerprint density at radius 3 is 2.44 bits per heavy atom. The summed E-state index contributed by atoms with van der Waals surface area (Å²) in [5.74, 6) is 0.716. The van der Waals surface area contributed by atoms with Gasteiger partial charge in [-0.2, -0.15) is 0 Å². The molecule has 0 radical (unpaired) electrons. The summed E-state index contributed by atoms with van der Waals surface area (Å²) in [6.45, 7) is 2.42. The van der Waals surface area contributed by atoms with Crippen molar-refractivity contribution >= 4 is 16.8 Å². The molecule has 100 valence electrons. The van der Waals surface area contributed by atoms with Crippen molar-refractivity contribution < 1.29 is 19.0 Å². The molecule has 18 heavy (non-hydrogen) atoms. The van der Waals surface area contributed by atoms with Gasteiger partial charge in [-0.3, -0.25) is 4.79 Å². The van der Waals surface area contributed by atoms with E-state index in [-0.39, 0.29) is 0 Å². The van der Waals surface area contributed by atoms with Crippen LogP contribution in [0, 0.1) is 0 Å². The Hall–Kier alpha value is -1.10. The molecule has 0 saturated heterocycles. The van der Waals surface area contributed by atoms with Crippen LogP contribution in [0.2, 0.25) is 0 Å². The first-order valence-corrected chi connectivity index (χ1v) is 6.11. The highest BCUT2D eigenvalue weighted by Gasteiger charge is 2.01. The standard InChI is InChI=1S/C13H17ClO4/c1-16-9-10-17-7-2-8-18-12-5-3-11(4-6-12)13(14)15/h3-6H,2,7-10H2,1H3. The third-order valence-corrected chi connectivity index (χ3v) is 2.43. The van der Waals surface area contributed by atoms with Crippen LogP contribution in [0.3, 0.4) is 0 Å². The third kappa shape index (κ3) is 6.00. The maximum absolute atomic E-state index is 10.8. The SMILES string of the molecule is COCCOCCCOc1ccc(C(=O)Cl)cc1. The molecule has 0 spiro atoms. The van der Waals surface area contributed by atoms with Crippen molar-refractivity contribution in [3.05, 3.63) is 29.8 Å². The van der Waals surface area contributed by atoms with Crippen molar-refractivity contribution in [1.29, 1.82) is 0 Å². The van der Waals surface area contributed by atoms with Crippen LogP contribution in [-0.4, -0.2) is 38.8 Å². The summed E-state index contributed by atoms with van der Waals surface area (Å²) >= 11 is 5.34. The van der Waals surface area contributed by atoms with Gasteiger partial charge in [0, 0.05) is 25.7 Å². The minimum Gasteiger partial charge on any atom is -0.494 e. The lowest BCUT2D eigenvalue weighted by Crippen LogP contribution is -2.06. The summed E-state index contributed by atoms with van der Waals surface area (Å²) in [7, 11) is 1.64. The number of ether oxygens (including phenoxy) is 3. The fourth-order valence-electron chi connectivity index (χ4n) is 1.28. The van der Waals surface area contributed by atoms with E-state index in [1.165, 1.54) is 0 Å². The van der Waals surface area contributed by atoms with E-state index >= 15 is 0 Å². The first kappa shape index (κ1) is 15.0. The van der Waals surface area contributed by atoms with Crippen molar-refractivity contribution in [1.82, 2.24) is 0 Å². The number of benzene rings is 1. The summed E-state index contributed by atoms with van der Waals surface area (Å²) in [5.41, 5.74) is 0.465. The first-order chi connectivity index (χ1) is 8.74. The minimum absolute atomic E-state index is 0.465. The van der Waals surface area contributed by atoms with Gasteiger partial charge in [-0.15, -0.1) is 0 Å². The fraction of sp³-hybridized carbons (Fsp3) is 0.462. The van der Waals surface area contributed by atoms with Gasteiger partial charge in [-0.25, -0.2) is 0 Å². The second-order valence-corrected chi connectivity index (χ2v) is 3.95. The lowest BCUT2D eigenvalue weighted by Gasteiger charge is -2.07. The molecule has 0 aromatic heterocycles. The van der Waals surface area contributed by atoms with Crippen LogP contribution in [0.4, 0.5) is 0 Å². The highest BCUT2D eigenvalue weighted by Crippen LogP contribution is 2.13. The van der Waals surface area contributed by atoms with E-state index in [1.54, 1.807) is 31.4 Å². The van der Waals surface area contributed by atoms with Crippen LogP contribution in [-0.2, 0) is 9.47 Å². The van der Waals surface area contributed by atoms with Gasteiger partial charge in [0.15, 0.2) is 0 Å². The highest BCUT2D eigenvalue weighted by molar-refractivity contribution is 6.67. The van der Waals surface area contributed by atoms with Crippen molar-refractivity contribution in [3.8, 4) is 5.75 Å². The molecular formula is C13H17ClO4. The summed E-state index contributed by atoms with van der Waals surface area (Å²) in [6.07, 6.45) is 0.805. The van der Waals surface area contributed by atoms with Crippen LogP contribution in [0.5, 0.6) is 5.75 Å². The van der Waals surface area contributed by atoms with Crippen LogP contribution in [0.1, 0.15) is 16.8 Å². The topological polar surface area (TPSA) is 44.8 Å². The Balaban J connectivity index is 2.14. The molecule has 0 saturated carbocycles. The van der Waals surface area contributed by atoms with Crippen LogP contribution in [0.15, 0.2) is 24.3 Å². The molecule has 0 aliphatic heterocycles. The van der Waals surface area contributed by atoms with Gasteiger partial charge < -0.3 is 14.2 Å². The number of rotatable bonds is 9. The van der Waals surface area contributed by atoms with E-state index in [2.05, 4.69) is 0 Å². The Kier molecular flexibility index (Phi) is 7.41. The van der Waals surface area contributed by atoms with E-state index in [0.29, 0.717) is 37.7 Å². The number of halogens is 1. The average molecular weight is 273 g/mol. The van der Waals surface area contributed by atoms with E-state index in [1.807, 2.05) is 0 Å². The zero-order valence-electron chi connectivity index (χ0n) is 10.4. The molecule has 1 aromatic rings. The van der Waals surface area contributed by atoms with Gasteiger partial charge in [0.25, 0.3) is 5.24 Å². The van der Waals surface area contributed by atoms with Crippen LogP contribution < -0.4 is 4.74 Å². The highest BCUT2D eigenvalue weighted by atomic mass is 35.5. The van der Waals surface area contributed by atoms with Gasteiger partial charge in [0.1, 0.15) is 5.75 Å². The molecule has 0 unspecified atom stereocenters. The number of carbonyl (C=O) groups excluding carboxylic acids is 1. The predicted molar refractivity (Wildman–Crippen MR) is 69.4 cm³/mol. The summed E-state index contributed by atoms with van der Waals surface area (Å²) in [5, 5.41) is -0.465. The largest absolute Gasteiger partial charge is 0.494 e. The molecule has 0 amide bonds. The molecule has 5 heteroatoms. The second kappa shape index (κ2) is 8.91. The van der Waals surface area contributed by atoms with Crippen LogP contribution in [0.25, 0.3) is 0 Å². The first-order valence-electron chi connectivity index (χ1n) is 5.73. The van der Waals surface area contributed by atoms with Crippen molar-refractivity contribution in [2.24, 2.45) is 0 Å². The van der Waals surface area contributed by atoms with Gasteiger partial charge >= 0.3 is 0 Å². The van der Waals surface area contributed by atoms with Crippen LogP contribution >= 0.6 is 11.6 Å². The normalized spacial score (nSPS) is 10.3. The molecule has 0 heterocycles. The second-order valence-electron chi connectivity index (χ2n) is 3.61. The smallest absolute Gasteiger partial charge is 0.252 e. The Bertz CT molecular complexity index is 351. The molecule has 4 nitrogen and oxygen atoms in total. The number of carbonyl (C=O) groups is 1. The summed E-state index contributed by atoms with van der Waals surface area (Å²) in [6, 6.07) is 6.72. The lowest BCUT2D eigenvalue weighted by atomic mass is 10.2. The van der Waals surface area contributed by atoms with E-state index in [0.717, 1.165) is 6.42 Å². The van der Waals surface area contributed by atoms with Crippen molar-refractivity contribution in [2.75, 3.05) is 33.5 Å². The summed E-state index contributed by atoms with van der Waals surface area (Å²) < 4.78 is 15.6. The van der Waals surface area contributed by atoms with E-state index in [4.69, 9.17) is 25.8 Å². The molecule has 1 rings (SSSR count). The number of hydrogen-bond acceptors (Lipinski definition) is 4. The number of methoxy groups -OCH3 is 1. The van der Waals surface area contributed by atoms with Crippen molar-refractivity contribution in [2.45, 2.75) is 6.42 Å². The maximum atomic E-state index is 10.8. The molecule has 1 aromatic carbocycles. The molecule has 0 fully saturated rings. The minimum atomic E-state index is -0.465. The summed E-state index contributed by atoms with van der Waals surface area (Å²) in [4.78, 5) is 10.8. The average Bonchev–Trinajstić information content (AvgIpc) is 2.38. The molecular weight excluding hydrogens is 256 g/mol. The van der Waals surface area contributed by atoms with Gasteiger partial charge in [0.05, 0.1) is 19.8 Å². The maximum Gasteiger partial charge on any atom is 0.252 e. The fourth-order valence-corrected chi connectivity index (χ4v) is 1.40. The third-order valence-electron chi connectivity index (χ3n) is 2.21. The zero-order chi connectivity index (χ0) is 13.2. The Labute approximate surface area is 112 Å². The van der Waals surface area contributed by atoms with Gasteiger partial charge in [0.2, 0.25) is 0 Å². The molecule has 0 bridgehead atoms. The van der Waals surface area contributed by atoms with Gasteiger partial charge in [-0.05, 0) is 35.9 Å². The van der Waals surface area contributed by atoms with Gasteiger partial charge in [-0.1, -0.05) is 0 Å². The Morgan fingerprint density at radius 1 is 1.11 bits per heavy atom. The Morgan fingerprint density at radius 2 is 1.83 bits per heavy atom.